The Balaban J connectivity index is 2.44. The van der Waals surface area contributed by atoms with Crippen molar-refractivity contribution in [3.63, 3.8) is 0 Å². The molecule has 3 N–H and O–H groups in total. The van der Waals surface area contributed by atoms with E-state index in [9.17, 15) is 9.59 Å². The first-order chi connectivity index (χ1) is 9.01. The molecular weight excluding hydrogens is 264 g/mol. The molecule has 2 rings (SSSR count). The van der Waals surface area contributed by atoms with Crippen molar-refractivity contribution in [2.75, 3.05) is 0 Å². The average molecular weight is 278 g/mol. The third kappa shape index (κ3) is 2.94. The van der Waals surface area contributed by atoms with Crippen LogP contribution in [-0.2, 0) is 13.6 Å². The number of hydrogen-bond donors (Lipinski definition) is 2. The SMILES string of the molecule is Cc1ccc(Sc2nc(=O)c(=O)[nH]n2C)c(CN)c1. The van der Waals surface area contributed by atoms with Crippen molar-refractivity contribution in [1.29, 1.82) is 0 Å². The molecular formula is C12H14N4O2S. The Hall–Kier alpha value is -1.86. The number of aromatic amines is 1. The molecule has 0 aliphatic rings. The highest BCUT2D eigenvalue weighted by atomic mass is 32.2. The maximum atomic E-state index is 11.3. The second-order valence-corrected chi connectivity index (χ2v) is 5.13. The molecule has 2 aromatic rings. The number of aryl methyl sites for hydroxylation is 2. The van der Waals surface area contributed by atoms with Crippen LogP contribution in [0.4, 0.5) is 0 Å². The van der Waals surface area contributed by atoms with Gasteiger partial charge in [-0.1, -0.05) is 17.7 Å². The van der Waals surface area contributed by atoms with Crippen molar-refractivity contribution in [2.24, 2.45) is 12.8 Å². The van der Waals surface area contributed by atoms with Gasteiger partial charge in [-0.3, -0.25) is 19.4 Å². The van der Waals surface area contributed by atoms with Gasteiger partial charge in [0.05, 0.1) is 0 Å². The number of aromatic nitrogens is 3. The van der Waals surface area contributed by atoms with E-state index in [2.05, 4.69) is 10.1 Å². The van der Waals surface area contributed by atoms with Gasteiger partial charge in [0.2, 0.25) is 0 Å². The minimum Gasteiger partial charge on any atom is -0.326 e. The summed E-state index contributed by atoms with van der Waals surface area (Å²) in [4.78, 5) is 27.1. The molecule has 0 unspecified atom stereocenters. The lowest BCUT2D eigenvalue weighted by Gasteiger charge is -2.10. The Morgan fingerprint density at radius 1 is 1.42 bits per heavy atom. The Labute approximate surface area is 113 Å². The number of nitrogens with two attached hydrogens (primary N) is 1. The van der Waals surface area contributed by atoms with Crippen LogP contribution in [0.15, 0.2) is 37.8 Å². The third-order valence-corrected chi connectivity index (χ3v) is 3.75. The minimum atomic E-state index is -0.790. The van der Waals surface area contributed by atoms with Crippen molar-refractivity contribution in [1.82, 2.24) is 14.8 Å². The van der Waals surface area contributed by atoms with Crippen molar-refractivity contribution in [3.8, 4) is 0 Å². The molecule has 6 nitrogen and oxygen atoms in total. The summed E-state index contributed by atoms with van der Waals surface area (Å²) in [7, 11) is 1.63. The predicted octanol–water partition coefficient (Wildman–Crippen LogP) is 0.387. The predicted molar refractivity (Wildman–Crippen MR) is 73.3 cm³/mol. The molecule has 1 aromatic carbocycles. The first-order valence-electron chi connectivity index (χ1n) is 5.66. The number of rotatable bonds is 3. The van der Waals surface area contributed by atoms with Crippen LogP contribution >= 0.6 is 11.8 Å². The van der Waals surface area contributed by atoms with Crippen LogP contribution < -0.4 is 16.9 Å². The molecule has 0 bridgehead atoms. The first kappa shape index (κ1) is 13.6. The molecule has 0 saturated carbocycles. The van der Waals surface area contributed by atoms with E-state index in [1.807, 2.05) is 25.1 Å². The lowest BCUT2D eigenvalue weighted by Crippen LogP contribution is -2.33. The van der Waals surface area contributed by atoms with Gasteiger partial charge in [0.25, 0.3) is 0 Å². The fourth-order valence-electron chi connectivity index (χ4n) is 1.62. The maximum absolute atomic E-state index is 11.3. The maximum Gasteiger partial charge on any atom is 0.339 e. The minimum absolute atomic E-state index is 0.404. The van der Waals surface area contributed by atoms with Gasteiger partial charge < -0.3 is 5.73 Å². The highest BCUT2D eigenvalue weighted by Crippen LogP contribution is 2.28. The summed E-state index contributed by atoms with van der Waals surface area (Å²) in [6.45, 7) is 2.39. The van der Waals surface area contributed by atoms with Gasteiger partial charge >= 0.3 is 11.1 Å². The van der Waals surface area contributed by atoms with Crippen LogP contribution in [0.5, 0.6) is 0 Å². The van der Waals surface area contributed by atoms with Crippen LogP contribution in [0.25, 0.3) is 0 Å². The quantitative estimate of drug-likeness (QED) is 0.792. The van der Waals surface area contributed by atoms with E-state index < -0.39 is 11.1 Å². The van der Waals surface area contributed by atoms with Crippen LogP contribution in [0, 0.1) is 6.92 Å². The number of hydrogen-bond acceptors (Lipinski definition) is 5. The van der Waals surface area contributed by atoms with Crippen molar-refractivity contribution in [3.05, 3.63) is 50.0 Å². The molecule has 1 aromatic heterocycles. The molecule has 19 heavy (non-hydrogen) atoms. The Kier molecular flexibility index (Phi) is 3.87. The number of nitrogens with one attached hydrogen (secondary N) is 1. The van der Waals surface area contributed by atoms with E-state index in [4.69, 9.17) is 5.73 Å². The second kappa shape index (κ2) is 5.41. The van der Waals surface area contributed by atoms with Gasteiger partial charge in [-0.2, -0.15) is 4.98 Å². The molecule has 1 heterocycles. The van der Waals surface area contributed by atoms with Crippen LogP contribution in [-0.4, -0.2) is 14.8 Å². The van der Waals surface area contributed by atoms with Crippen molar-refractivity contribution in [2.45, 2.75) is 23.5 Å². The smallest absolute Gasteiger partial charge is 0.326 e. The fourth-order valence-corrected chi connectivity index (χ4v) is 2.53. The normalized spacial score (nSPS) is 10.7. The monoisotopic (exact) mass is 278 g/mol. The van der Waals surface area contributed by atoms with Crippen molar-refractivity contribution >= 4 is 11.8 Å². The highest BCUT2D eigenvalue weighted by Gasteiger charge is 2.09. The first-order valence-corrected chi connectivity index (χ1v) is 6.47. The third-order valence-electron chi connectivity index (χ3n) is 2.58. The molecule has 0 aliphatic carbocycles. The lowest BCUT2D eigenvalue weighted by atomic mass is 10.1. The summed E-state index contributed by atoms with van der Waals surface area (Å²) in [5, 5.41) is 2.83. The van der Waals surface area contributed by atoms with Gasteiger partial charge in [0.15, 0.2) is 5.16 Å². The van der Waals surface area contributed by atoms with E-state index in [-0.39, 0.29) is 0 Å². The molecule has 0 amide bonds. The Bertz CT molecular complexity index is 720. The summed E-state index contributed by atoms with van der Waals surface area (Å²) in [5.41, 5.74) is 6.28. The zero-order valence-electron chi connectivity index (χ0n) is 10.6. The van der Waals surface area contributed by atoms with E-state index >= 15 is 0 Å². The fraction of sp³-hybridized carbons (Fsp3) is 0.250. The molecule has 7 heteroatoms. The van der Waals surface area contributed by atoms with E-state index in [1.165, 1.54) is 16.4 Å². The highest BCUT2D eigenvalue weighted by molar-refractivity contribution is 7.99. The van der Waals surface area contributed by atoms with Gasteiger partial charge in [0, 0.05) is 18.5 Å². The lowest BCUT2D eigenvalue weighted by molar-refractivity contribution is 0.596. The van der Waals surface area contributed by atoms with E-state index in [0.717, 1.165) is 16.0 Å². The zero-order chi connectivity index (χ0) is 14.0. The molecule has 0 fully saturated rings. The molecule has 0 radical (unpaired) electrons. The number of nitrogens with zero attached hydrogens (tertiary/aromatic N) is 2. The largest absolute Gasteiger partial charge is 0.339 e. The Morgan fingerprint density at radius 2 is 2.16 bits per heavy atom. The van der Waals surface area contributed by atoms with Crippen LogP contribution in [0.3, 0.4) is 0 Å². The summed E-state index contributed by atoms with van der Waals surface area (Å²) >= 11 is 1.30. The van der Waals surface area contributed by atoms with E-state index in [1.54, 1.807) is 7.05 Å². The van der Waals surface area contributed by atoms with Gasteiger partial charge in [0.1, 0.15) is 0 Å². The molecule has 0 atom stereocenters. The topological polar surface area (TPSA) is 93.8 Å². The molecule has 0 aliphatic heterocycles. The summed E-state index contributed by atoms with van der Waals surface area (Å²) < 4.78 is 1.43. The molecule has 0 saturated heterocycles. The molecule has 100 valence electrons. The summed E-state index contributed by atoms with van der Waals surface area (Å²) in [6, 6.07) is 5.89. The van der Waals surface area contributed by atoms with Crippen LogP contribution in [0.1, 0.15) is 11.1 Å². The summed E-state index contributed by atoms with van der Waals surface area (Å²) in [5.74, 6) is 0. The number of benzene rings is 1. The molecule has 0 spiro atoms. The van der Waals surface area contributed by atoms with Crippen molar-refractivity contribution < 1.29 is 0 Å². The second-order valence-electron chi connectivity index (χ2n) is 4.12. The standard InChI is InChI=1S/C12H14N4O2S/c1-7-3-4-9(8(5-7)6-13)19-12-14-10(17)11(18)15-16(12)2/h3-5H,6,13H2,1-2H3,(H,15,18). The van der Waals surface area contributed by atoms with Crippen LogP contribution in [0.2, 0.25) is 0 Å². The average Bonchev–Trinajstić information content (AvgIpc) is 2.37. The Morgan fingerprint density at radius 3 is 2.84 bits per heavy atom. The summed E-state index contributed by atoms with van der Waals surface area (Å²) in [6.07, 6.45) is 0. The number of H-pyrrole nitrogens is 1. The zero-order valence-corrected chi connectivity index (χ0v) is 11.5. The van der Waals surface area contributed by atoms with Gasteiger partial charge in [-0.05, 0) is 30.3 Å². The van der Waals surface area contributed by atoms with Gasteiger partial charge in [-0.25, -0.2) is 0 Å². The van der Waals surface area contributed by atoms with E-state index in [0.29, 0.717) is 11.7 Å². The van der Waals surface area contributed by atoms with Gasteiger partial charge in [-0.15, -0.1) is 0 Å².